The van der Waals surface area contributed by atoms with Gasteiger partial charge >= 0.3 is 0 Å². The summed E-state index contributed by atoms with van der Waals surface area (Å²) in [5.41, 5.74) is -0.234. The van der Waals surface area contributed by atoms with Crippen LogP contribution in [0.25, 0.3) is 0 Å². The minimum Gasteiger partial charge on any atom is -0.493 e. The molecule has 7 nitrogen and oxygen atoms in total. The number of carbonyl (C=O) groups excluding carboxylic acids is 1. The summed E-state index contributed by atoms with van der Waals surface area (Å²) in [7, 11) is -0.340. The average Bonchev–Trinajstić information content (AvgIpc) is 2.44. The highest BCUT2D eigenvalue weighted by atomic mass is 32.2. The maximum Gasteiger partial charge on any atom is 0.240 e. The summed E-state index contributed by atoms with van der Waals surface area (Å²) in [5.74, 6) is 0.873. The quantitative estimate of drug-likeness (QED) is 0.724. The first-order valence-electron chi connectivity index (χ1n) is 7.07. The molecule has 0 aliphatic rings. The molecule has 0 aromatic heterocycles. The van der Waals surface area contributed by atoms with Crippen molar-refractivity contribution in [1.29, 1.82) is 0 Å². The molecule has 1 aromatic carbocycles. The molecule has 0 aliphatic heterocycles. The number of hydrogen-bond acceptors (Lipinski definition) is 5. The molecule has 130 valence electrons. The van der Waals surface area contributed by atoms with Crippen molar-refractivity contribution in [3.05, 3.63) is 23.8 Å². The predicted octanol–water partition coefficient (Wildman–Crippen LogP) is 0.690. The van der Waals surface area contributed by atoms with E-state index in [4.69, 9.17) is 9.47 Å². The molecular formula is C15H24N2O5S. The molecule has 1 amide bonds. The maximum absolute atomic E-state index is 12.1. The highest BCUT2D eigenvalue weighted by Crippen LogP contribution is 2.27. The van der Waals surface area contributed by atoms with E-state index in [1.165, 1.54) is 13.8 Å². The molecule has 0 spiro atoms. The first-order valence-corrected chi connectivity index (χ1v) is 8.96. The SMILES string of the molecule is COc1ccc(CCNC(=O)C(C)(C)NS(C)(=O)=O)cc1OC. The number of nitrogens with one attached hydrogen (secondary N) is 2. The van der Waals surface area contributed by atoms with Gasteiger partial charge < -0.3 is 14.8 Å². The highest BCUT2D eigenvalue weighted by molar-refractivity contribution is 7.88. The van der Waals surface area contributed by atoms with Crippen molar-refractivity contribution in [2.24, 2.45) is 0 Å². The first kappa shape index (κ1) is 19.2. The summed E-state index contributed by atoms with van der Waals surface area (Å²) in [6, 6.07) is 5.52. The average molecular weight is 344 g/mol. The summed E-state index contributed by atoms with van der Waals surface area (Å²) in [6.07, 6.45) is 1.60. The van der Waals surface area contributed by atoms with Gasteiger partial charge in [0.15, 0.2) is 11.5 Å². The largest absolute Gasteiger partial charge is 0.493 e. The number of rotatable bonds is 8. The van der Waals surface area contributed by atoms with Crippen LogP contribution >= 0.6 is 0 Å². The van der Waals surface area contributed by atoms with E-state index in [2.05, 4.69) is 10.0 Å². The van der Waals surface area contributed by atoms with E-state index in [0.717, 1.165) is 11.8 Å². The zero-order valence-electron chi connectivity index (χ0n) is 14.1. The first-order chi connectivity index (χ1) is 10.6. The van der Waals surface area contributed by atoms with Crippen molar-refractivity contribution >= 4 is 15.9 Å². The third-order valence-electron chi connectivity index (χ3n) is 3.16. The Morgan fingerprint density at radius 1 is 1.17 bits per heavy atom. The van der Waals surface area contributed by atoms with Crippen LogP contribution in [-0.2, 0) is 21.2 Å². The Kier molecular flexibility index (Phi) is 6.40. The van der Waals surface area contributed by atoms with Crippen molar-refractivity contribution in [1.82, 2.24) is 10.0 Å². The fourth-order valence-corrected chi connectivity index (χ4v) is 3.11. The van der Waals surface area contributed by atoms with Gasteiger partial charge in [-0.15, -0.1) is 0 Å². The summed E-state index contributed by atoms with van der Waals surface area (Å²) >= 11 is 0. The lowest BCUT2D eigenvalue weighted by Crippen LogP contribution is -2.54. The van der Waals surface area contributed by atoms with Crippen molar-refractivity contribution in [3.63, 3.8) is 0 Å². The van der Waals surface area contributed by atoms with Gasteiger partial charge in [0, 0.05) is 6.54 Å². The Labute approximate surface area is 137 Å². The lowest BCUT2D eigenvalue weighted by atomic mass is 10.1. The zero-order chi connectivity index (χ0) is 17.7. The lowest BCUT2D eigenvalue weighted by molar-refractivity contribution is -0.125. The van der Waals surface area contributed by atoms with Gasteiger partial charge in [-0.1, -0.05) is 6.07 Å². The molecule has 1 aromatic rings. The molecule has 0 atom stereocenters. The summed E-state index contributed by atoms with van der Waals surface area (Å²) in [4.78, 5) is 12.1. The van der Waals surface area contributed by atoms with E-state index in [1.807, 2.05) is 12.1 Å². The Bertz CT molecular complexity index is 656. The fourth-order valence-electron chi connectivity index (χ4n) is 2.09. The van der Waals surface area contributed by atoms with E-state index in [-0.39, 0.29) is 5.91 Å². The van der Waals surface area contributed by atoms with Gasteiger partial charge in [0.1, 0.15) is 5.54 Å². The molecule has 23 heavy (non-hydrogen) atoms. The summed E-state index contributed by atoms with van der Waals surface area (Å²) in [5, 5.41) is 2.72. The normalized spacial score (nSPS) is 11.9. The van der Waals surface area contributed by atoms with Crippen LogP contribution in [0.5, 0.6) is 11.5 Å². The summed E-state index contributed by atoms with van der Waals surface area (Å²) in [6.45, 7) is 3.41. The smallest absolute Gasteiger partial charge is 0.240 e. The van der Waals surface area contributed by atoms with Gasteiger partial charge in [-0.05, 0) is 38.0 Å². The van der Waals surface area contributed by atoms with Gasteiger partial charge in [-0.2, -0.15) is 0 Å². The number of ether oxygens (including phenoxy) is 2. The highest BCUT2D eigenvalue weighted by Gasteiger charge is 2.30. The lowest BCUT2D eigenvalue weighted by Gasteiger charge is -2.23. The Morgan fingerprint density at radius 3 is 2.30 bits per heavy atom. The van der Waals surface area contributed by atoms with E-state index >= 15 is 0 Å². The molecule has 0 saturated heterocycles. The van der Waals surface area contributed by atoms with Gasteiger partial charge in [-0.25, -0.2) is 13.1 Å². The number of methoxy groups -OCH3 is 2. The van der Waals surface area contributed by atoms with Crippen molar-refractivity contribution in [2.75, 3.05) is 27.0 Å². The van der Waals surface area contributed by atoms with Gasteiger partial charge in [0.25, 0.3) is 0 Å². The Morgan fingerprint density at radius 2 is 1.78 bits per heavy atom. The van der Waals surface area contributed by atoms with Crippen molar-refractivity contribution < 1.29 is 22.7 Å². The molecule has 0 unspecified atom stereocenters. The van der Waals surface area contributed by atoms with Crippen LogP contribution in [0.15, 0.2) is 18.2 Å². The molecule has 0 aliphatic carbocycles. The molecular weight excluding hydrogens is 320 g/mol. The number of sulfonamides is 1. The van der Waals surface area contributed by atoms with Crippen molar-refractivity contribution in [2.45, 2.75) is 25.8 Å². The van der Waals surface area contributed by atoms with E-state index < -0.39 is 15.6 Å². The third kappa shape index (κ3) is 6.07. The molecule has 0 radical (unpaired) electrons. The molecule has 0 bridgehead atoms. The van der Waals surface area contributed by atoms with Crippen LogP contribution < -0.4 is 19.5 Å². The fraction of sp³-hybridized carbons (Fsp3) is 0.533. The van der Waals surface area contributed by atoms with Crippen molar-refractivity contribution in [3.8, 4) is 11.5 Å². The molecule has 1 rings (SSSR count). The van der Waals surface area contributed by atoms with E-state index in [9.17, 15) is 13.2 Å². The molecule has 0 saturated carbocycles. The molecule has 0 heterocycles. The zero-order valence-corrected chi connectivity index (χ0v) is 14.9. The topological polar surface area (TPSA) is 93.7 Å². The molecule has 2 N–H and O–H groups in total. The number of benzene rings is 1. The number of amides is 1. The van der Waals surface area contributed by atoms with Crippen LogP contribution in [0.3, 0.4) is 0 Å². The minimum absolute atomic E-state index is 0.378. The molecule has 8 heteroatoms. The van der Waals surface area contributed by atoms with E-state index in [1.54, 1.807) is 20.3 Å². The minimum atomic E-state index is -3.46. The van der Waals surface area contributed by atoms with Crippen LogP contribution in [0.4, 0.5) is 0 Å². The Hall–Kier alpha value is -1.80. The number of carbonyl (C=O) groups is 1. The van der Waals surface area contributed by atoms with Crippen LogP contribution in [0, 0.1) is 0 Å². The monoisotopic (exact) mass is 344 g/mol. The Balaban J connectivity index is 2.61. The van der Waals surface area contributed by atoms with Crippen LogP contribution in [0.1, 0.15) is 19.4 Å². The van der Waals surface area contributed by atoms with Gasteiger partial charge in [0.05, 0.1) is 20.5 Å². The predicted molar refractivity (Wildman–Crippen MR) is 88.3 cm³/mol. The van der Waals surface area contributed by atoms with Crippen LogP contribution in [0.2, 0.25) is 0 Å². The van der Waals surface area contributed by atoms with Crippen LogP contribution in [-0.4, -0.2) is 46.9 Å². The second-order valence-corrected chi connectivity index (χ2v) is 7.44. The standard InChI is InChI=1S/C15H24N2O5S/c1-15(2,17-23(5,19)20)14(18)16-9-8-11-6-7-12(21-3)13(10-11)22-4/h6-7,10,17H,8-9H2,1-5H3,(H,16,18). The molecule has 0 fully saturated rings. The second kappa shape index (κ2) is 7.65. The van der Waals surface area contributed by atoms with Gasteiger partial charge in [0.2, 0.25) is 15.9 Å². The van der Waals surface area contributed by atoms with E-state index in [0.29, 0.717) is 24.5 Å². The maximum atomic E-state index is 12.1. The third-order valence-corrected chi connectivity index (χ3v) is 4.04. The summed E-state index contributed by atoms with van der Waals surface area (Å²) < 4.78 is 35.2. The second-order valence-electron chi connectivity index (χ2n) is 5.69. The number of hydrogen-bond donors (Lipinski definition) is 2. The van der Waals surface area contributed by atoms with Gasteiger partial charge in [-0.3, -0.25) is 4.79 Å².